The quantitative estimate of drug-likeness (QED) is 0.695. The molecule has 0 radical (unpaired) electrons. The molecular weight excluding hydrogens is 218 g/mol. The van der Waals surface area contributed by atoms with Gasteiger partial charge in [-0.05, 0) is 38.0 Å². The van der Waals surface area contributed by atoms with Crippen LogP contribution in [0.15, 0.2) is 0 Å². The molecule has 1 aliphatic carbocycles. The molecule has 0 saturated heterocycles. The number of aliphatic hydroxyl groups is 1. The first-order valence-corrected chi connectivity index (χ1v) is 6.61. The number of nitrogens with one attached hydrogen (secondary N) is 1. The second-order valence-electron chi connectivity index (χ2n) is 5.22. The number of ether oxygens (including phenoxy) is 1. The molecule has 1 amide bonds. The van der Waals surface area contributed by atoms with Crippen LogP contribution in [-0.2, 0) is 9.53 Å². The molecule has 1 saturated carbocycles. The summed E-state index contributed by atoms with van der Waals surface area (Å²) >= 11 is 0. The van der Waals surface area contributed by atoms with Crippen LogP contribution >= 0.6 is 0 Å². The lowest BCUT2D eigenvalue weighted by Crippen LogP contribution is -2.54. The van der Waals surface area contributed by atoms with Crippen LogP contribution in [0.5, 0.6) is 0 Å². The van der Waals surface area contributed by atoms with Crippen molar-refractivity contribution in [1.82, 2.24) is 5.32 Å². The summed E-state index contributed by atoms with van der Waals surface area (Å²) in [6.07, 6.45) is 4.78. The second-order valence-corrected chi connectivity index (χ2v) is 5.22. The van der Waals surface area contributed by atoms with Gasteiger partial charge in [0.15, 0.2) is 0 Å². The fourth-order valence-electron chi connectivity index (χ4n) is 2.28. The van der Waals surface area contributed by atoms with Crippen LogP contribution < -0.4 is 5.32 Å². The van der Waals surface area contributed by atoms with E-state index < -0.39 is 5.54 Å². The summed E-state index contributed by atoms with van der Waals surface area (Å²) in [4.78, 5) is 11.7. The molecular formula is C13H25NO3. The maximum absolute atomic E-state index is 11.7. The van der Waals surface area contributed by atoms with Gasteiger partial charge < -0.3 is 15.2 Å². The van der Waals surface area contributed by atoms with Crippen molar-refractivity contribution in [3.05, 3.63) is 0 Å². The highest BCUT2D eigenvalue weighted by Gasteiger charge is 2.34. The fourth-order valence-corrected chi connectivity index (χ4v) is 2.28. The maximum atomic E-state index is 11.7. The molecule has 0 spiro atoms. The van der Waals surface area contributed by atoms with Crippen LogP contribution in [0.25, 0.3) is 0 Å². The highest BCUT2D eigenvalue weighted by Crippen LogP contribution is 2.31. The first-order valence-electron chi connectivity index (χ1n) is 6.61. The monoisotopic (exact) mass is 243 g/mol. The summed E-state index contributed by atoms with van der Waals surface area (Å²) in [5, 5.41) is 12.4. The van der Waals surface area contributed by atoms with Crippen molar-refractivity contribution in [1.29, 1.82) is 0 Å². The Labute approximate surface area is 104 Å². The van der Waals surface area contributed by atoms with Crippen LogP contribution in [0.3, 0.4) is 0 Å². The van der Waals surface area contributed by atoms with Crippen molar-refractivity contribution in [3.8, 4) is 0 Å². The van der Waals surface area contributed by atoms with Crippen molar-refractivity contribution in [2.45, 2.75) is 51.5 Å². The van der Waals surface area contributed by atoms with E-state index in [0.29, 0.717) is 12.5 Å². The van der Waals surface area contributed by atoms with Crippen molar-refractivity contribution in [3.63, 3.8) is 0 Å². The smallest absolute Gasteiger partial charge is 0.246 e. The number of rotatable bonds is 6. The number of hydrogen-bond acceptors (Lipinski definition) is 3. The first-order chi connectivity index (χ1) is 8.12. The van der Waals surface area contributed by atoms with Crippen molar-refractivity contribution in [2.75, 3.05) is 19.8 Å². The van der Waals surface area contributed by atoms with Gasteiger partial charge in [0.1, 0.15) is 6.61 Å². The van der Waals surface area contributed by atoms with E-state index in [1.165, 1.54) is 0 Å². The molecule has 4 nitrogen and oxygen atoms in total. The predicted octanol–water partition coefficient (Wildman–Crippen LogP) is 1.47. The molecule has 0 atom stereocenters. The Morgan fingerprint density at radius 2 is 2.12 bits per heavy atom. The zero-order chi connectivity index (χ0) is 12.7. The minimum atomic E-state index is -0.404. The molecule has 0 aliphatic heterocycles. The fraction of sp³-hybridized carbons (Fsp3) is 0.923. The van der Waals surface area contributed by atoms with E-state index in [-0.39, 0.29) is 19.1 Å². The molecule has 17 heavy (non-hydrogen) atoms. The Hall–Kier alpha value is -0.610. The molecule has 2 N–H and O–H groups in total. The van der Waals surface area contributed by atoms with Crippen LogP contribution in [-0.4, -0.2) is 36.4 Å². The molecule has 0 aromatic heterocycles. The average molecular weight is 243 g/mol. The van der Waals surface area contributed by atoms with E-state index in [2.05, 4.69) is 12.2 Å². The molecule has 1 rings (SSSR count). The van der Waals surface area contributed by atoms with Gasteiger partial charge in [0.05, 0.1) is 12.1 Å². The highest BCUT2D eigenvalue weighted by molar-refractivity contribution is 5.78. The zero-order valence-corrected chi connectivity index (χ0v) is 11.0. The number of carbonyl (C=O) groups excluding carboxylic acids is 1. The Bertz CT molecular complexity index is 235. The Kier molecular flexibility index (Phi) is 5.92. The van der Waals surface area contributed by atoms with Gasteiger partial charge in [0.25, 0.3) is 0 Å². The van der Waals surface area contributed by atoms with Gasteiger partial charge in [-0.1, -0.05) is 13.8 Å². The van der Waals surface area contributed by atoms with E-state index in [4.69, 9.17) is 4.74 Å². The van der Waals surface area contributed by atoms with E-state index >= 15 is 0 Å². The third-order valence-corrected chi connectivity index (χ3v) is 3.52. The minimum absolute atomic E-state index is 0.0270. The standard InChI is InChI=1S/C13H25NO3/c1-3-8-17-9-12(16)14-13(10-15)6-4-11(2)5-7-13/h11,15H,3-10H2,1-2H3,(H,14,16). The second kappa shape index (κ2) is 6.97. The molecule has 0 aromatic rings. The van der Waals surface area contributed by atoms with Crippen LogP contribution in [0.1, 0.15) is 46.0 Å². The van der Waals surface area contributed by atoms with E-state index in [9.17, 15) is 9.90 Å². The topological polar surface area (TPSA) is 58.6 Å². The minimum Gasteiger partial charge on any atom is -0.394 e. The van der Waals surface area contributed by atoms with Gasteiger partial charge in [-0.3, -0.25) is 4.79 Å². The summed E-state index contributed by atoms with van der Waals surface area (Å²) in [6, 6.07) is 0. The van der Waals surface area contributed by atoms with E-state index in [0.717, 1.165) is 32.1 Å². The summed E-state index contributed by atoms with van der Waals surface area (Å²) in [5.41, 5.74) is -0.404. The Morgan fingerprint density at radius 1 is 1.47 bits per heavy atom. The summed E-state index contributed by atoms with van der Waals surface area (Å²) in [5.74, 6) is 0.588. The lowest BCUT2D eigenvalue weighted by atomic mass is 9.77. The number of amides is 1. The van der Waals surface area contributed by atoms with Gasteiger partial charge in [-0.2, -0.15) is 0 Å². The third kappa shape index (κ3) is 4.64. The van der Waals surface area contributed by atoms with E-state index in [1.54, 1.807) is 0 Å². The van der Waals surface area contributed by atoms with Crippen molar-refractivity contribution in [2.24, 2.45) is 5.92 Å². The normalized spacial score (nSPS) is 29.0. The summed E-state index contributed by atoms with van der Waals surface area (Å²) in [6.45, 7) is 4.96. The number of aliphatic hydroxyl groups excluding tert-OH is 1. The van der Waals surface area contributed by atoms with Crippen LogP contribution in [0.2, 0.25) is 0 Å². The molecule has 4 heteroatoms. The van der Waals surface area contributed by atoms with Gasteiger partial charge in [-0.25, -0.2) is 0 Å². The molecule has 1 fully saturated rings. The van der Waals surface area contributed by atoms with Gasteiger partial charge in [0, 0.05) is 6.61 Å². The summed E-state index contributed by atoms with van der Waals surface area (Å²) in [7, 11) is 0. The molecule has 0 unspecified atom stereocenters. The highest BCUT2D eigenvalue weighted by atomic mass is 16.5. The lowest BCUT2D eigenvalue weighted by molar-refractivity contribution is -0.129. The molecule has 0 heterocycles. The van der Waals surface area contributed by atoms with Crippen LogP contribution in [0, 0.1) is 5.92 Å². The Morgan fingerprint density at radius 3 is 2.65 bits per heavy atom. The Balaban J connectivity index is 2.37. The summed E-state index contributed by atoms with van der Waals surface area (Å²) < 4.78 is 5.20. The lowest BCUT2D eigenvalue weighted by Gasteiger charge is -2.38. The predicted molar refractivity (Wildman–Crippen MR) is 66.7 cm³/mol. The van der Waals surface area contributed by atoms with Crippen LogP contribution in [0.4, 0.5) is 0 Å². The van der Waals surface area contributed by atoms with Gasteiger partial charge >= 0.3 is 0 Å². The average Bonchev–Trinajstić information content (AvgIpc) is 2.33. The SMILES string of the molecule is CCCOCC(=O)NC1(CO)CCC(C)CC1. The number of carbonyl (C=O) groups is 1. The van der Waals surface area contributed by atoms with Gasteiger partial charge in [0.2, 0.25) is 5.91 Å². The number of hydrogen-bond donors (Lipinski definition) is 2. The molecule has 0 bridgehead atoms. The molecule has 100 valence electrons. The molecule has 0 aromatic carbocycles. The maximum Gasteiger partial charge on any atom is 0.246 e. The zero-order valence-electron chi connectivity index (χ0n) is 11.0. The largest absolute Gasteiger partial charge is 0.394 e. The molecule has 1 aliphatic rings. The van der Waals surface area contributed by atoms with Gasteiger partial charge in [-0.15, -0.1) is 0 Å². The van der Waals surface area contributed by atoms with Crippen molar-refractivity contribution < 1.29 is 14.6 Å². The first kappa shape index (κ1) is 14.5. The van der Waals surface area contributed by atoms with E-state index in [1.807, 2.05) is 6.92 Å². The van der Waals surface area contributed by atoms with Crippen molar-refractivity contribution >= 4 is 5.91 Å². The third-order valence-electron chi connectivity index (χ3n) is 3.52.